The van der Waals surface area contributed by atoms with Gasteiger partial charge < -0.3 is 19.1 Å². The normalized spacial score (nSPS) is 11.4. The summed E-state index contributed by atoms with van der Waals surface area (Å²) in [5.41, 5.74) is 2.90. The highest BCUT2D eigenvalue weighted by molar-refractivity contribution is 5.91. The second-order valence-corrected chi connectivity index (χ2v) is 5.61. The number of ether oxygens (including phenoxy) is 2. The molecule has 0 aliphatic rings. The quantitative estimate of drug-likeness (QED) is 0.708. The average molecular weight is 349 g/mol. The molecule has 0 unspecified atom stereocenters. The molecule has 0 atom stereocenters. The Morgan fingerprint density at radius 3 is 2.46 bits per heavy atom. The molecule has 0 aliphatic heterocycles. The number of nitrogens with zero attached hydrogens (tertiary/aromatic N) is 3. The SMILES string of the molecule is CCn1c(/C(C#N)=C\c2cc(OC)c(O)c(OC)c2)nc2ccccc21. The number of aromatic hydroxyl groups is 1. The van der Waals surface area contributed by atoms with Gasteiger partial charge in [-0.15, -0.1) is 0 Å². The molecule has 0 fully saturated rings. The van der Waals surface area contributed by atoms with Crippen molar-refractivity contribution in [1.82, 2.24) is 9.55 Å². The molecule has 0 bridgehead atoms. The van der Waals surface area contributed by atoms with E-state index < -0.39 is 0 Å². The molecule has 0 aliphatic carbocycles. The van der Waals surface area contributed by atoms with E-state index in [1.165, 1.54) is 14.2 Å². The number of nitriles is 1. The summed E-state index contributed by atoms with van der Waals surface area (Å²) in [5, 5.41) is 19.8. The number of aromatic nitrogens is 2. The summed E-state index contributed by atoms with van der Waals surface area (Å²) in [7, 11) is 2.92. The Morgan fingerprint density at radius 2 is 1.88 bits per heavy atom. The maximum absolute atomic E-state index is 10.0. The zero-order chi connectivity index (χ0) is 18.7. The van der Waals surface area contributed by atoms with Crippen molar-refractivity contribution in [1.29, 1.82) is 5.26 Å². The van der Waals surface area contributed by atoms with Crippen LogP contribution in [0.2, 0.25) is 0 Å². The van der Waals surface area contributed by atoms with Gasteiger partial charge in [-0.1, -0.05) is 12.1 Å². The van der Waals surface area contributed by atoms with Crippen LogP contribution in [-0.4, -0.2) is 28.9 Å². The van der Waals surface area contributed by atoms with Crippen LogP contribution < -0.4 is 9.47 Å². The molecule has 0 amide bonds. The van der Waals surface area contributed by atoms with Gasteiger partial charge in [0.05, 0.1) is 30.8 Å². The topological polar surface area (TPSA) is 80.3 Å². The number of fused-ring (bicyclic) bond motifs is 1. The highest BCUT2D eigenvalue weighted by atomic mass is 16.5. The second-order valence-electron chi connectivity index (χ2n) is 5.61. The Hall–Kier alpha value is -3.46. The lowest BCUT2D eigenvalue weighted by molar-refractivity contribution is 0.340. The zero-order valence-corrected chi connectivity index (χ0v) is 14.9. The zero-order valence-electron chi connectivity index (χ0n) is 14.9. The fraction of sp³-hybridized carbons (Fsp3) is 0.200. The highest BCUT2D eigenvalue weighted by Gasteiger charge is 2.15. The van der Waals surface area contributed by atoms with Crippen LogP contribution >= 0.6 is 0 Å². The number of rotatable bonds is 5. The van der Waals surface area contributed by atoms with Crippen molar-refractivity contribution < 1.29 is 14.6 Å². The molecule has 1 N–H and O–H groups in total. The third kappa shape index (κ3) is 2.95. The number of methoxy groups -OCH3 is 2. The fourth-order valence-corrected chi connectivity index (χ4v) is 2.91. The van der Waals surface area contributed by atoms with E-state index in [1.54, 1.807) is 18.2 Å². The number of hydrogen-bond donors (Lipinski definition) is 1. The average Bonchev–Trinajstić information content (AvgIpc) is 3.05. The van der Waals surface area contributed by atoms with Crippen LogP contribution in [0.4, 0.5) is 0 Å². The molecule has 6 heteroatoms. The number of hydrogen-bond acceptors (Lipinski definition) is 5. The van der Waals surface area contributed by atoms with Crippen molar-refractivity contribution in [2.45, 2.75) is 13.5 Å². The first-order valence-corrected chi connectivity index (χ1v) is 8.15. The molecule has 1 heterocycles. The van der Waals surface area contributed by atoms with Crippen molar-refractivity contribution >= 4 is 22.7 Å². The molecule has 3 aromatic rings. The number of imidazole rings is 1. The number of para-hydroxylation sites is 2. The number of phenols is 1. The first-order chi connectivity index (χ1) is 12.6. The van der Waals surface area contributed by atoms with E-state index in [1.807, 2.05) is 35.8 Å². The lowest BCUT2D eigenvalue weighted by Gasteiger charge is -2.10. The molecule has 0 radical (unpaired) electrons. The fourth-order valence-electron chi connectivity index (χ4n) is 2.91. The summed E-state index contributed by atoms with van der Waals surface area (Å²) >= 11 is 0. The second kappa shape index (κ2) is 7.19. The van der Waals surface area contributed by atoms with Gasteiger partial charge in [-0.05, 0) is 42.8 Å². The van der Waals surface area contributed by atoms with Crippen LogP contribution in [0.1, 0.15) is 18.3 Å². The minimum Gasteiger partial charge on any atom is -0.502 e. The van der Waals surface area contributed by atoms with Gasteiger partial charge in [-0.25, -0.2) is 4.98 Å². The summed E-state index contributed by atoms with van der Waals surface area (Å²) in [4.78, 5) is 4.61. The number of phenolic OH excluding ortho intramolecular Hbond substituents is 1. The summed E-state index contributed by atoms with van der Waals surface area (Å²) in [6.07, 6.45) is 1.71. The molecule has 0 saturated carbocycles. The van der Waals surface area contributed by atoms with E-state index in [2.05, 4.69) is 11.1 Å². The van der Waals surface area contributed by atoms with Gasteiger partial charge in [-0.2, -0.15) is 5.26 Å². The Bertz CT molecular complexity index is 1000. The number of benzene rings is 2. The molecule has 0 spiro atoms. The first kappa shape index (κ1) is 17.4. The van der Waals surface area contributed by atoms with Crippen LogP contribution in [0.15, 0.2) is 36.4 Å². The predicted octanol–water partition coefficient (Wildman–Crippen LogP) is 3.84. The molecular weight excluding hydrogens is 330 g/mol. The maximum atomic E-state index is 10.0. The maximum Gasteiger partial charge on any atom is 0.200 e. The van der Waals surface area contributed by atoms with Crippen LogP contribution in [-0.2, 0) is 6.54 Å². The Labute approximate surface area is 151 Å². The van der Waals surface area contributed by atoms with Crippen LogP contribution in [0, 0.1) is 11.3 Å². The molecule has 6 nitrogen and oxygen atoms in total. The molecule has 3 rings (SSSR count). The molecule has 26 heavy (non-hydrogen) atoms. The van der Waals surface area contributed by atoms with Crippen molar-refractivity contribution in [2.24, 2.45) is 0 Å². The summed E-state index contributed by atoms with van der Waals surface area (Å²) in [6, 6.07) is 13.3. The van der Waals surface area contributed by atoms with Gasteiger partial charge >= 0.3 is 0 Å². The van der Waals surface area contributed by atoms with Crippen molar-refractivity contribution in [3.8, 4) is 23.3 Å². The Morgan fingerprint density at radius 1 is 1.23 bits per heavy atom. The summed E-state index contributed by atoms with van der Waals surface area (Å²) in [6.45, 7) is 2.70. The third-order valence-electron chi connectivity index (χ3n) is 4.15. The highest BCUT2D eigenvalue weighted by Crippen LogP contribution is 2.38. The van der Waals surface area contributed by atoms with Crippen molar-refractivity contribution in [3.63, 3.8) is 0 Å². The van der Waals surface area contributed by atoms with E-state index in [9.17, 15) is 10.4 Å². The number of aryl methyl sites for hydroxylation is 1. The molecule has 0 saturated heterocycles. The smallest absolute Gasteiger partial charge is 0.200 e. The third-order valence-corrected chi connectivity index (χ3v) is 4.15. The van der Waals surface area contributed by atoms with Gasteiger partial charge in [0.2, 0.25) is 5.75 Å². The van der Waals surface area contributed by atoms with E-state index in [0.29, 0.717) is 23.5 Å². The summed E-state index contributed by atoms with van der Waals surface area (Å²) in [5.74, 6) is 1.07. The van der Waals surface area contributed by atoms with Gasteiger partial charge in [0, 0.05) is 6.54 Å². The van der Waals surface area contributed by atoms with Gasteiger partial charge in [0.25, 0.3) is 0 Å². The Kier molecular flexibility index (Phi) is 4.81. The van der Waals surface area contributed by atoms with Crippen LogP contribution in [0.5, 0.6) is 17.2 Å². The van der Waals surface area contributed by atoms with Crippen LogP contribution in [0.3, 0.4) is 0 Å². The monoisotopic (exact) mass is 349 g/mol. The Balaban J connectivity index is 2.17. The largest absolute Gasteiger partial charge is 0.502 e. The van der Waals surface area contributed by atoms with Gasteiger partial charge in [0.15, 0.2) is 17.3 Å². The van der Waals surface area contributed by atoms with E-state index in [4.69, 9.17) is 9.47 Å². The van der Waals surface area contributed by atoms with Gasteiger partial charge in [-0.3, -0.25) is 0 Å². The standard InChI is InChI=1S/C20H19N3O3/c1-4-23-16-8-6-5-7-15(16)22-20(23)14(12-21)9-13-10-17(25-2)19(24)18(11-13)26-3/h5-11,24H,4H2,1-3H3/b14-9-. The van der Waals surface area contributed by atoms with E-state index in [0.717, 1.165) is 11.0 Å². The first-order valence-electron chi connectivity index (χ1n) is 8.15. The molecule has 1 aromatic heterocycles. The van der Waals surface area contributed by atoms with Gasteiger partial charge in [0.1, 0.15) is 6.07 Å². The summed E-state index contributed by atoms with van der Waals surface area (Å²) < 4.78 is 12.4. The van der Waals surface area contributed by atoms with E-state index >= 15 is 0 Å². The predicted molar refractivity (Wildman–Crippen MR) is 100 cm³/mol. The molecule has 2 aromatic carbocycles. The van der Waals surface area contributed by atoms with E-state index in [-0.39, 0.29) is 17.2 Å². The molecular formula is C20H19N3O3. The van der Waals surface area contributed by atoms with Crippen molar-refractivity contribution in [2.75, 3.05) is 14.2 Å². The number of allylic oxidation sites excluding steroid dienone is 1. The lowest BCUT2D eigenvalue weighted by atomic mass is 10.1. The van der Waals surface area contributed by atoms with Crippen LogP contribution in [0.25, 0.3) is 22.7 Å². The minimum absolute atomic E-state index is 0.0774. The lowest BCUT2D eigenvalue weighted by Crippen LogP contribution is -2.00. The minimum atomic E-state index is -0.0774. The molecule has 132 valence electrons. The van der Waals surface area contributed by atoms with Crippen molar-refractivity contribution in [3.05, 3.63) is 47.8 Å².